The summed E-state index contributed by atoms with van der Waals surface area (Å²) >= 11 is 0. The summed E-state index contributed by atoms with van der Waals surface area (Å²) in [5, 5.41) is 13.9. The van der Waals surface area contributed by atoms with Crippen LogP contribution in [0.3, 0.4) is 0 Å². The molecule has 0 saturated heterocycles. The maximum absolute atomic E-state index is 10.5. The molecular formula is C11H10N4O2. The Morgan fingerprint density at radius 2 is 1.94 bits per heavy atom. The zero-order chi connectivity index (χ0) is 12.3. The van der Waals surface area contributed by atoms with Gasteiger partial charge in [0, 0.05) is 17.8 Å². The second kappa shape index (κ2) is 4.48. The first-order chi connectivity index (χ1) is 8.20. The largest absolute Gasteiger partial charge is 0.354 e. The van der Waals surface area contributed by atoms with E-state index in [1.165, 1.54) is 18.3 Å². The number of non-ortho nitro benzene ring substituents is 1. The van der Waals surface area contributed by atoms with Crippen LogP contribution in [0.4, 0.5) is 5.69 Å². The lowest BCUT2D eigenvalue weighted by molar-refractivity contribution is -0.384. The maximum Gasteiger partial charge on any atom is 0.269 e. The molecule has 3 N–H and O–H groups in total. The first kappa shape index (κ1) is 10.9. The van der Waals surface area contributed by atoms with Crippen LogP contribution in [0.5, 0.6) is 0 Å². The Labute approximate surface area is 96.9 Å². The summed E-state index contributed by atoms with van der Waals surface area (Å²) < 4.78 is 0. The second-order valence-electron chi connectivity index (χ2n) is 3.41. The number of nitrogens with two attached hydrogens (primary N) is 1. The molecule has 1 aromatic carbocycles. The van der Waals surface area contributed by atoms with Gasteiger partial charge in [-0.15, -0.1) is 0 Å². The fraction of sp³-hybridized carbons (Fsp3) is 0. The Bertz CT molecular complexity index is 557. The number of H-pyrrole nitrogens is 1. The van der Waals surface area contributed by atoms with Crippen molar-refractivity contribution in [1.82, 2.24) is 4.98 Å². The first-order valence-corrected chi connectivity index (χ1v) is 4.88. The Kier molecular flexibility index (Phi) is 2.87. The number of benzene rings is 1. The number of nitrogens with one attached hydrogen (secondary N) is 1. The molecule has 0 aliphatic carbocycles. The highest BCUT2D eigenvalue weighted by atomic mass is 16.6. The summed E-state index contributed by atoms with van der Waals surface area (Å²) in [5.41, 5.74) is 2.58. The molecule has 86 valence electrons. The molecular weight excluding hydrogens is 220 g/mol. The van der Waals surface area contributed by atoms with Crippen LogP contribution in [0.25, 0.3) is 11.3 Å². The van der Waals surface area contributed by atoms with Crippen molar-refractivity contribution in [2.75, 3.05) is 0 Å². The van der Waals surface area contributed by atoms with E-state index in [0.717, 1.165) is 17.0 Å². The van der Waals surface area contributed by atoms with Crippen LogP contribution in [-0.2, 0) is 0 Å². The third-order valence-corrected chi connectivity index (χ3v) is 2.31. The van der Waals surface area contributed by atoms with Gasteiger partial charge >= 0.3 is 0 Å². The number of nitrogens with zero attached hydrogens (tertiary/aromatic N) is 2. The monoisotopic (exact) mass is 230 g/mol. The number of nitro benzene ring substituents is 1. The van der Waals surface area contributed by atoms with Crippen molar-refractivity contribution >= 4 is 11.9 Å². The van der Waals surface area contributed by atoms with Crippen LogP contribution in [0, 0.1) is 10.1 Å². The topological polar surface area (TPSA) is 97.3 Å². The van der Waals surface area contributed by atoms with E-state index in [2.05, 4.69) is 10.1 Å². The number of aromatic amines is 1. The summed E-state index contributed by atoms with van der Waals surface area (Å²) in [6.45, 7) is 0. The third kappa shape index (κ3) is 2.31. The molecule has 0 unspecified atom stereocenters. The molecule has 0 aliphatic heterocycles. The predicted molar refractivity (Wildman–Crippen MR) is 64.7 cm³/mol. The number of rotatable bonds is 3. The maximum atomic E-state index is 10.5. The Balaban J connectivity index is 2.29. The molecule has 6 nitrogen and oxygen atoms in total. The molecule has 0 fully saturated rings. The van der Waals surface area contributed by atoms with Crippen molar-refractivity contribution in [2.45, 2.75) is 0 Å². The lowest BCUT2D eigenvalue weighted by Crippen LogP contribution is -1.88. The van der Waals surface area contributed by atoms with Crippen LogP contribution < -0.4 is 5.84 Å². The molecule has 0 radical (unpaired) electrons. The van der Waals surface area contributed by atoms with E-state index in [1.54, 1.807) is 12.1 Å². The SMILES string of the molecule is NN=Cc1ccc(-c2ccc([N+](=O)[O-])cc2)[nH]1. The summed E-state index contributed by atoms with van der Waals surface area (Å²) in [6.07, 6.45) is 1.49. The van der Waals surface area contributed by atoms with Crippen molar-refractivity contribution in [1.29, 1.82) is 0 Å². The van der Waals surface area contributed by atoms with Gasteiger partial charge in [-0.3, -0.25) is 10.1 Å². The van der Waals surface area contributed by atoms with E-state index >= 15 is 0 Å². The summed E-state index contributed by atoms with van der Waals surface area (Å²) in [6, 6.07) is 9.99. The zero-order valence-electron chi connectivity index (χ0n) is 8.83. The summed E-state index contributed by atoms with van der Waals surface area (Å²) in [7, 11) is 0. The summed E-state index contributed by atoms with van der Waals surface area (Å²) in [4.78, 5) is 13.2. The van der Waals surface area contributed by atoms with Gasteiger partial charge in [-0.25, -0.2) is 0 Å². The molecule has 0 spiro atoms. The predicted octanol–water partition coefficient (Wildman–Crippen LogP) is 1.88. The van der Waals surface area contributed by atoms with E-state index in [1.807, 2.05) is 12.1 Å². The molecule has 17 heavy (non-hydrogen) atoms. The van der Waals surface area contributed by atoms with E-state index in [0.29, 0.717) is 0 Å². The zero-order valence-corrected chi connectivity index (χ0v) is 8.83. The van der Waals surface area contributed by atoms with Gasteiger partial charge in [0.1, 0.15) is 0 Å². The minimum atomic E-state index is -0.426. The normalized spacial score (nSPS) is 10.8. The van der Waals surface area contributed by atoms with Crippen LogP contribution >= 0.6 is 0 Å². The Morgan fingerprint density at radius 3 is 2.53 bits per heavy atom. The summed E-state index contributed by atoms with van der Waals surface area (Å²) in [5.74, 6) is 5.04. The Morgan fingerprint density at radius 1 is 1.24 bits per heavy atom. The molecule has 1 heterocycles. The molecule has 2 rings (SSSR count). The Hall–Kier alpha value is -2.63. The quantitative estimate of drug-likeness (QED) is 0.364. The number of hydrogen-bond acceptors (Lipinski definition) is 4. The van der Waals surface area contributed by atoms with Gasteiger partial charge < -0.3 is 10.8 Å². The van der Waals surface area contributed by atoms with Crippen LogP contribution in [-0.4, -0.2) is 16.1 Å². The van der Waals surface area contributed by atoms with Gasteiger partial charge in [-0.05, 0) is 29.8 Å². The molecule has 2 aromatic rings. The molecule has 1 aromatic heterocycles. The van der Waals surface area contributed by atoms with Crippen molar-refractivity contribution < 1.29 is 4.92 Å². The van der Waals surface area contributed by atoms with Gasteiger partial charge in [-0.2, -0.15) is 5.10 Å². The van der Waals surface area contributed by atoms with E-state index in [9.17, 15) is 10.1 Å². The minimum Gasteiger partial charge on any atom is -0.354 e. The molecule has 0 amide bonds. The minimum absolute atomic E-state index is 0.0732. The molecule has 0 aliphatic rings. The lowest BCUT2D eigenvalue weighted by Gasteiger charge is -1.97. The number of hydrogen-bond donors (Lipinski definition) is 2. The number of aromatic nitrogens is 1. The highest BCUT2D eigenvalue weighted by molar-refractivity contribution is 5.79. The van der Waals surface area contributed by atoms with E-state index in [-0.39, 0.29) is 5.69 Å². The highest BCUT2D eigenvalue weighted by Gasteiger charge is 2.06. The average molecular weight is 230 g/mol. The highest BCUT2D eigenvalue weighted by Crippen LogP contribution is 2.21. The first-order valence-electron chi connectivity index (χ1n) is 4.88. The lowest BCUT2D eigenvalue weighted by atomic mass is 10.1. The van der Waals surface area contributed by atoms with Crippen LogP contribution in [0.2, 0.25) is 0 Å². The average Bonchev–Trinajstić information content (AvgIpc) is 2.78. The molecule has 0 atom stereocenters. The van der Waals surface area contributed by atoms with Crippen LogP contribution in [0.1, 0.15) is 5.69 Å². The van der Waals surface area contributed by atoms with Crippen molar-refractivity contribution in [3.8, 4) is 11.3 Å². The van der Waals surface area contributed by atoms with Gasteiger partial charge in [-0.1, -0.05) is 0 Å². The van der Waals surface area contributed by atoms with Gasteiger partial charge in [0.15, 0.2) is 0 Å². The smallest absolute Gasteiger partial charge is 0.269 e. The third-order valence-electron chi connectivity index (χ3n) is 2.31. The van der Waals surface area contributed by atoms with Gasteiger partial charge in [0.05, 0.1) is 16.8 Å². The van der Waals surface area contributed by atoms with E-state index < -0.39 is 4.92 Å². The van der Waals surface area contributed by atoms with Crippen molar-refractivity contribution in [2.24, 2.45) is 10.9 Å². The van der Waals surface area contributed by atoms with Crippen LogP contribution in [0.15, 0.2) is 41.5 Å². The molecule has 0 bridgehead atoms. The number of nitro groups is 1. The fourth-order valence-electron chi connectivity index (χ4n) is 1.50. The van der Waals surface area contributed by atoms with Crippen molar-refractivity contribution in [3.63, 3.8) is 0 Å². The fourth-order valence-corrected chi connectivity index (χ4v) is 1.50. The van der Waals surface area contributed by atoms with Crippen molar-refractivity contribution in [3.05, 3.63) is 52.2 Å². The van der Waals surface area contributed by atoms with E-state index in [4.69, 9.17) is 5.84 Å². The molecule has 6 heteroatoms. The second-order valence-corrected chi connectivity index (χ2v) is 3.41. The van der Waals surface area contributed by atoms with Gasteiger partial charge in [0.25, 0.3) is 5.69 Å². The number of hydrazone groups is 1. The standard InChI is InChI=1S/C11H10N4O2/c12-13-7-9-3-6-11(14-9)8-1-4-10(5-2-8)15(16)17/h1-7,14H,12H2. The molecule has 0 saturated carbocycles. The van der Waals surface area contributed by atoms with Gasteiger partial charge in [0.2, 0.25) is 0 Å².